The summed E-state index contributed by atoms with van der Waals surface area (Å²) in [5.41, 5.74) is 0.328. The van der Waals surface area contributed by atoms with Gasteiger partial charge < -0.3 is 14.5 Å². The Hall–Kier alpha value is -1.43. The highest BCUT2D eigenvalue weighted by Gasteiger charge is 2.73. The van der Waals surface area contributed by atoms with Crippen molar-refractivity contribution in [2.75, 3.05) is 13.2 Å². The van der Waals surface area contributed by atoms with Crippen molar-refractivity contribution in [2.45, 2.75) is 75.7 Å². The lowest BCUT2D eigenvalue weighted by Crippen LogP contribution is -2.50. The summed E-state index contributed by atoms with van der Waals surface area (Å²) >= 11 is 0. The molecule has 1 amide bonds. The molecule has 1 aromatic rings. The van der Waals surface area contributed by atoms with Gasteiger partial charge in [0.25, 0.3) is 0 Å². The van der Waals surface area contributed by atoms with E-state index < -0.39 is 0 Å². The first-order chi connectivity index (χ1) is 12.2. The van der Waals surface area contributed by atoms with Gasteiger partial charge in [0.15, 0.2) is 0 Å². The summed E-state index contributed by atoms with van der Waals surface area (Å²) in [6, 6.07) is 0. The van der Waals surface area contributed by atoms with E-state index in [1.807, 2.05) is 0 Å². The van der Waals surface area contributed by atoms with E-state index in [1.54, 1.807) is 0 Å². The number of rotatable bonds is 6. The first-order valence-electron chi connectivity index (χ1n) is 9.94. The van der Waals surface area contributed by atoms with Crippen LogP contribution >= 0.6 is 0 Å². The lowest BCUT2D eigenvalue weighted by Gasteiger charge is -2.45. The highest BCUT2D eigenvalue weighted by Crippen LogP contribution is 2.70. The van der Waals surface area contributed by atoms with Crippen LogP contribution in [0.3, 0.4) is 0 Å². The van der Waals surface area contributed by atoms with Crippen molar-refractivity contribution in [3.8, 4) is 0 Å². The average molecular weight is 345 g/mol. The number of ether oxygens (including phenoxy) is 1. The molecule has 1 aromatic heterocycles. The van der Waals surface area contributed by atoms with Crippen LogP contribution in [0, 0.1) is 11.3 Å². The van der Waals surface area contributed by atoms with Crippen LogP contribution in [0.15, 0.2) is 4.42 Å². The summed E-state index contributed by atoms with van der Waals surface area (Å²) in [7, 11) is 0. The van der Waals surface area contributed by atoms with Gasteiger partial charge in [0.1, 0.15) is 0 Å². The fourth-order valence-electron chi connectivity index (χ4n) is 5.35. The number of fused-ring (bicyclic) bond motifs is 2. The number of aromatic nitrogens is 2. The molecular formula is C19H27N3O3. The van der Waals surface area contributed by atoms with E-state index in [9.17, 15) is 4.79 Å². The zero-order chi connectivity index (χ0) is 16.9. The highest BCUT2D eigenvalue weighted by atomic mass is 16.5. The summed E-state index contributed by atoms with van der Waals surface area (Å²) < 4.78 is 11.8. The van der Waals surface area contributed by atoms with Crippen LogP contribution < -0.4 is 5.32 Å². The number of carbonyl (C=O) groups is 1. The first kappa shape index (κ1) is 15.8. The second-order valence-electron chi connectivity index (χ2n) is 8.51. The van der Waals surface area contributed by atoms with Crippen LogP contribution in [0.2, 0.25) is 0 Å². The molecule has 3 saturated carbocycles. The van der Waals surface area contributed by atoms with Gasteiger partial charge in [-0.3, -0.25) is 4.79 Å². The number of amides is 1. The Labute approximate surface area is 148 Å². The molecule has 6 nitrogen and oxygen atoms in total. The number of aryl methyl sites for hydroxylation is 1. The minimum Gasteiger partial charge on any atom is -0.425 e. The summed E-state index contributed by atoms with van der Waals surface area (Å²) in [5, 5.41) is 11.5. The van der Waals surface area contributed by atoms with E-state index in [-0.39, 0.29) is 16.9 Å². The molecule has 0 aromatic carbocycles. The van der Waals surface area contributed by atoms with Crippen molar-refractivity contribution < 1.29 is 13.9 Å². The molecule has 136 valence electrons. The molecule has 1 aliphatic heterocycles. The van der Waals surface area contributed by atoms with Gasteiger partial charge in [-0.05, 0) is 44.4 Å². The molecule has 25 heavy (non-hydrogen) atoms. The lowest BCUT2D eigenvalue weighted by molar-refractivity contribution is -0.125. The zero-order valence-electron chi connectivity index (χ0n) is 14.8. The quantitative estimate of drug-likeness (QED) is 0.858. The van der Waals surface area contributed by atoms with E-state index in [1.165, 1.54) is 38.5 Å². The van der Waals surface area contributed by atoms with Gasteiger partial charge in [-0.15, -0.1) is 10.2 Å². The largest absolute Gasteiger partial charge is 0.425 e. The van der Waals surface area contributed by atoms with Gasteiger partial charge in [0.05, 0.1) is 12.2 Å². The van der Waals surface area contributed by atoms with Gasteiger partial charge >= 0.3 is 0 Å². The Morgan fingerprint density at radius 3 is 2.76 bits per heavy atom. The Kier molecular flexibility index (Phi) is 3.66. The molecule has 1 spiro atoms. The third-order valence-corrected chi connectivity index (χ3v) is 7.22. The second-order valence-corrected chi connectivity index (χ2v) is 8.51. The summed E-state index contributed by atoms with van der Waals surface area (Å²) in [6.45, 7) is 1.66. The molecule has 2 heterocycles. The van der Waals surface area contributed by atoms with E-state index in [2.05, 4.69) is 15.5 Å². The minimum atomic E-state index is 0.0852. The second kappa shape index (κ2) is 5.79. The number of carbonyl (C=O) groups excluding carboxylic acids is 1. The van der Waals surface area contributed by atoms with Crippen LogP contribution in [0.4, 0.5) is 0 Å². The van der Waals surface area contributed by atoms with Gasteiger partial charge in [-0.1, -0.05) is 12.8 Å². The zero-order valence-corrected chi connectivity index (χ0v) is 14.8. The van der Waals surface area contributed by atoms with Gasteiger partial charge in [-0.25, -0.2) is 0 Å². The van der Waals surface area contributed by atoms with Crippen molar-refractivity contribution in [1.29, 1.82) is 0 Å². The topological polar surface area (TPSA) is 77.2 Å². The maximum absolute atomic E-state index is 12.3. The Balaban J connectivity index is 1.11. The predicted octanol–water partition coefficient (Wildman–Crippen LogP) is 2.74. The third-order valence-electron chi connectivity index (χ3n) is 7.22. The predicted molar refractivity (Wildman–Crippen MR) is 89.9 cm³/mol. The third kappa shape index (κ3) is 2.52. The monoisotopic (exact) mass is 345 g/mol. The molecule has 0 bridgehead atoms. The van der Waals surface area contributed by atoms with Gasteiger partial charge in [0.2, 0.25) is 17.7 Å². The van der Waals surface area contributed by atoms with Crippen LogP contribution in [-0.2, 0) is 16.0 Å². The van der Waals surface area contributed by atoms with E-state index in [0.717, 1.165) is 31.9 Å². The molecule has 1 saturated heterocycles. The van der Waals surface area contributed by atoms with Crippen LogP contribution in [0.5, 0.6) is 0 Å². The SMILES string of the molecule is O=C(CCc1nnc(C2CCCC2)o1)NC[C@]12C[C@H]1COC21CCC1. The van der Waals surface area contributed by atoms with Gasteiger partial charge in [0, 0.05) is 30.7 Å². The van der Waals surface area contributed by atoms with Crippen molar-refractivity contribution in [1.82, 2.24) is 15.5 Å². The maximum atomic E-state index is 12.3. The molecular weight excluding hydrogens is 318 g/mol. The molecule has 5 rings (SSSR count). The fourth-order valence-corrected chi connectivity index (χ4v) is 5.35. The normalized spacial score (nSPS) is 32.6. The molecule has 0 unspecified atom stereocenters. The van der Waals surface area contributed by atoms with Crippen molar-refractivity contribution in [2.24, 2.45) is 11.3 Å². The molecule has 4 aliphatic rings. The maximum Gasteiger partial charge on any atom is 0.220 e. The van der Waals surface area contributed by atoms with Crippen molar-refractivity contribution in [3.63, 3.8) is 0 Å². The van der Waals surface area contributed by atoms with E-state index in [4.69, 9.17) is 9.15 Å². The van der Waals surface area contributed by atoms with Crippen molar-refractivity contribution >= 4 is 5.91 Å². The van der Waals surface area contributed by atoms with E-state index >= 15 is 0 Å². The Morgan fingerprint density at radius 1 is 1.20 bits per heavy atom. The Morgan fingerprint density at radius 2 is 2.04 bits per heavy atom. The molecule has 2 atom stereocenters. The molecule has 0 radical (unpaired) electrons. The smallest absolute Gasteiger partial charge is 0.220 e. The summed E-state index contributed by atoms with van der Waals surface area (Å²) in [6.07, 6.45) is 10.6. The highest BCUT2D eigenvalue weighted by molar-refractivity contribution is 5.76. The van der Waals surface area contributed by atoms with E-state index in [0.29, 0.717) is 30.6 Å². The van der Waals surface area contributed by atoms with Crippen molar-refractivity contribution in [3.05, 3.63) is 11.8 Å². The van der Waals surface area contributed by atoms with Crippen LogP contribution in [0.25, 0.3) is 0 Å². The standard InChI is InChI=1S/C19H27N3O3/c23-15(6-7-16-21-22-17(25-16)13-4-1-2-5-13)20-12-18-10-14(18)11-24-19(18)8-3-9-19/h13-14H,1-12H2,(H,20,23)/t14-,18+/m0/s1. The molecule has 4 fully saturated rings. The average Bonchev–Trinajstić information content (AvgIpc) is 3.03. The number of hydrogen-bond acceptors (Lipinski definition) is 5. The summed E-state index contributed by atoms with van der Waals surface area (Å²) in [5.74, 6) is 2.55. The minimum absolute atomic E-state index is 0.0852. The lowest BCUT2D eigenvalue weighted by atomic mass is 9.68. The fraction of sp³-hybridized carbons (Fsp3) is 0.842. The first-order valence-corrected chi connectivity index (χ1v) is 9.94. The van der Waals surface area contributed by atoms with Crippen LogP contribution in [-0.4, -0.2) is 34.9 Å². The molecule has 6 heteroatoms. The number of nitrogens with zero attached hydrogens (tertiary/aromatic N) is 2. The number of hydrogen-bond donors (Lipinski definition) is 1. The number of nitrogens with one attached hydrogen (secondary N) is 1. The molecule has 1 N–H and O–H groups in total. The van der Waals surface area contributed by atoms with Gasteiger partial charge in [-0.2, -0.15) is 0 Å². The Bertz CT molecular complexity index is 663. The summed E-state index contributed by atoms with van der Waals surface area (Å²) in [4.78, 5) is 12.3. The van der Waals surface area contributed by atoms with Crippen LogP contribution in [0.1, 0.15) is 75.5 Å². The molecule has 3 aliphatic carbocycles.